The molecule has 1 aliphatic heterocycles. The number of benzene rings is 2. The Hall–Kier alpha value is -2.04. The van der Waals surface area contributed by atoms with E-state index >= 15 is 0 Å². The zero-order valence-corrected chi connectivity index (χ0v) is 15.1. The van der Waals surface area contributed by atoms with E-state index in [1.54, 1.807) is 28.0 Å². The Balaban J connectivity index is 1.59. The van der Waals surface area contributed by atoms with Crippen molar-refractivity contribution < 1.29 is 9.59 Å². The maximum atomic E-state index is 12.6. The summed E-state index contributed by atoms with van der Waals surface area (Å²) in [5.74, 6) is -0.0678. The smallest absolute Gasteiger partial charge is 0.255 e. The first-order chi connectivity index (χ1) is 12.0. The molecule has 1 aliphatic rings. The zero-order chi connectivity index (χ0) is 17.8. The number of hydrogen-bond acceptors (Lipinski definition) is 2. The van der Waals surface area contributed by atoms with Gasteiger partial charge < -0.3 is 9.80 Å². The van der Waals surface area contributed by atoms with Crippen molar-refractivity contribution >= 4 is 35.0 Å². The Morgan fingerprint density at radius 1 is 0.880 bits per heavy atom. The minimum absolute atomic E-state index is 0.0825. The van der Waals surface area contributed by atoms with Crippen LogP contribution in [-0.2, 0) is 11.2 Å². The van der Waals surface area contributed by atoms with Crippen molar-refractivity contribution in [1.82, 2.24) is 9.80 Å². The van der Waals surface area contributed by atoms with Gasteiger partial charge in [-0.25, -0.2) is 0 Å². The van der Waals surface area contributed by atoms with Gasteiger partial charge in [0.05, 0.1) is 17.0 Å². The van der Waals surface area contributed by atoms with Crippen LogP contribution >= 0.6 is 23.2 Å². The van der Waals surface area contributed by atoms with Crippen LogP contribution in [0.25, 0.3) is 0 Å². The van der Waals surface area contributed by atoms with Gasteiger partial charge >= 0.3 is 0 Å². The SMILES string of the molecule is O=C(Cc1ccccc1)N1CCN(C(=O)c2cc(Cl)ccc2Cl)CC1. The van der Waals surface area contributed by atoms with E-state index in [-0.39, 0.29) is 11.8 Å². The maximum Gasteiger partial charge on any atom is 0.255 e. The number of carbonyl (C=O) groups is 2. The normalized spacial score (nSPS) is 14.5. The lowest BCUT2D eigenvalue weighted by Gasteiger charge is -2.35. The summed E-state index contributed by atoms with van der Waals surface area (Å²) >= 11 is 12.1. The second kappa shape index (κ2) is 7.89. The fourth-order valence-corrected chi connectivity index (χ4v) is 3.24. The number of piperazine rings is 1. The van der Waals surface area contributed by atoms with E-state index in [0.717, 1.165) is 5.56 Å². The molecule has 3 rings (SSSR count). The lowest BCUT2D eigenvalue weighted by atomic mass is 10.1. The molecule has 4 nitrogen and oxygen atoms in total. The average molecular weight is 377 g/mol. The molecule has 1 heterocycles. The Kier molecular flexibility index (Phi) is 5.61. The molecule has 0 saturated carbocycles. The molecule has 0 bridgehead atoms. The number of halogens is 2. The third-order valence-electron chi connectivity index (χ3n) is 4.28. The van der Waals surface area contributed by atoms with Gasteiger partial charge in [0.15, 0.2) is 0 Å². The van der Waals surface area contributed by atoms with Gasteiger partial charge in [-0.3, -0.25) is 9.59 Å². The molecule has 2 aromatic rings. The van der Waals surface area contributed by atoms with Crippen LogP contribution in [-0.4, -0.2) is 47.8 Å². The molecule has 0 aromatic heterocycles. The van der Waals surface area contributed by atoms with Crippen LogP contribution in [0.5, 0.6) is 0 Å². The molecule has 0 atom stereocenters. The van der Waals surface area contributed by atoms with Crippen molar-refractivity contribution in [3.05, 3.63) is 69.7 Å². The Morgan fingerprint density at radius 2 is 1.52 bits per heavy atom. The Bertz CT molecular complexity index is 772. The molecule has 6 heteroatoms. The summed E-state index contributed by atoms with van der Waals surface area (Å²) in [7, 11) is 0. The molecule has 0 spiro atoms. The minimum Gasteiger partial charge on any atom is -0.339 e. The van der Waals surface area contributed by atoms with Crippen LogP contribution in [0, 0.1) is 0 Å². The van der Waals surface area contributed by atoms with Crippen molar-refractivity contribution in [3.63, 3.8) is 0 Å². The predicted molar refractivity (Wildman–Crippen MR) is 99.1 cm³/mol. The maximum absolute atomic E-state index is 12.6. The average Bonchev–Trinajstić information content (AvgIpc) is 2.64. The summed E-state index contributed by atoms with van der Waals surface area (Å²) in [5, 5.41) is 0.862. The number of hydrogen-bond donors (Lipinski definition) is 0. The van der Waals surface area contributed by atoms with Gasteiger partial charge in [-0.1, -0.05) is 53.5 Å². The molecule has 25 heavy (non-hydrogen) atoms. The topological polar surface area (TPSA) is 40.6 Å². The highest BCUT2D eigenvalue weighted by Crippen LogP contribution is 2.22. The number of nitrogens with zero attached hydrogens (tertiary/aromatic N) is 2. The van der Waals surface area contributed by atoms with E-state index in [1.165, 1.54) is 0 Å². The summed E-state index contributed by atoms with van der Waals surface area (Å²) in [5.41, 5.74) is 1.40. The van der Waals surface area contributed by atoms with Gasteiger partial charge in [-0.15, -0.1) is 0 Å². The van der Waals surface area contributed by atoms with E-state index in [0.29, 0.717) is 48.2 Å². The van der Waals surface area contributed by atoms with Crippen LogP contribution in [0.15, 0.2) is 48.5 Å². The van der Waals surface area contributed by atoms with Crippen molar-refractivity contribution in [2.45, 2.75) is 6.42 Å². The highest BCUT2D eigenvalue weighted by molar-refractivity contribution is 6.35. The first-order valence-corrected chi connectivity index (χ1v) is 8.86. The van der Waals surface area contributed by atoms with Gasteiger partial charge in [0, 0.05) is 31.2 Å². The van der Waals surface area contributed by atoms with E-state index in [4.69, 9.17) is 23.2 Å². The molecule has 1 fully saturated rings. The molecule has 130 valence electrons. The Labute approximate surface area is 156 Å². The summed E-state index contributed by atoms with van der Waals surface area (Å²) in [6, 6.07) is 14.5. The highest BCUT2D eigenvalue weighted by atomic mass is 35.5. The van der Waals surface area contributed by atoms with E-state index in [1.807, 2.05) is 30.3 Å². The first-order valence-electron chi connectivity index (χ1n) is 8.10. The van der Waals surface area contributed by atoms with Gasteiger partial charge in [0.25, 0.3) is 5.91 Å². The summed E-state index contributed by atoms with van der Waals surface area (Å²) < 4.78 is 0. The van der Waals surface area contributed by atoms with E-state index < -0.39 is 0 Å². The lowest BCUT2D eigenvalue weighted by Crippen LogP contribution is -2.51. The lowest BCUT2D eigenvalue weighted by molar-refractivity contribution is -0.131. The van der Waals surface area contributed by atoms with E-state index in [2.05, 4.69) is 0 Å². The van der Waals surface area contributed by atoms with Crippen molar-refractivity contribution in [3.8, 4) is 0 Å². The van der Waals surface area contributed by atoms with Gasteiger partial charge in [-0.05, 0) is 23.8 Å². The monoisotopic (exact) mass is 376 g/mol. The van der Waals surface area contributed by atoms with Crippen LogP contribution in [0.4, 0.5) is 0 Å². The number of rotatable bonds is 3. The number of amides is 2. The first kappa shape index (κ1) is 17.8. The fourth-order valence-electron chi connectivity index (χ4n) is 2.87. The highest BCUT2D eigenvalue weighted by Gasteiger charge is 2.26. The third kappa shape index (κ3) is 4.33. The Morgan fingerprint density at radius 3 is 2.20 bits per heavy atom. The molecule has 1 saturated heterocycles. The summed E-state index contributed by atoms with van der Waals surface area (Å²) in [6.45, 7) is 2.02. The predicted octanol–water partition coefficient (Wildman–Crippen LogP) is 3.52. The van der Waals surface area contributed by atoms with Crippen molar-refractivity contribution in [1.29, 1.82) is 0 Å². The van der Waals surface area contributed by atoms with Gasteiger partial charge in [0.2, 0.25) is 5.91 Å². The standard InChI is InChI=1S/C19H18Cl2N2O2/c20-15-6-7-17(21)16(13-15)19(25)23-10-8-22(9-11-23)18(24)12-14-4-2-1-3-5-14/h1-7,13H,8-12H2. The quantitative estimate of drug-likeness (QED) is 0.821. The molecule has 0 aliphatic carbocycles. The van der Waals surface area contributed by atoms with Crippen molar-refractivity contribution in [2.24, 2.45) is 0 Å². The summed E-state index contributed by atoms with van der Waals surface area (Å²) in [4.78, 5) is 28.5. The number of carbonyl (C=O) groups excluding carboxylic acids is 2. The largest absolute Gasteiger partial charge is 0.339 e. The fraction of sp³-hybridized carbons (Fsp3) is 0.263. The molecular formula is C19H18Cl2N2O2. The molecule has 2 aromatic carbocycles. The van der Waals surface area contributed by atoms with Gasteiger partial charge in [-0.2, -0.15) is 0 Å². The van der Waals surface area contributed by atoms with Crippen LogP contribution < -0.4 is 0 Å². The third-order valence-corrected chi connectivity index (χ3v) is 4.84. The molecule has 2 amide bonds. The van der Waals surface area contributed by atoms with Crippen molar-refractivity contribution in [2.75, 3.05) is 26.2 Å². The summed E-state index contributed by atoms with van der Waals surface area (Å²) in [6.07, 6.45) is 0.384. The van der Waals surface area contributed by atoms with Crippen LogP contribution in [0.1, 0.15) is 15.9 Å². The van der Waals surface area contributed by atoms with E-state index in [9.17, 15) is 9.59 Å². The zero-order valence-electron chi connectivity index (χ0n) is 13.6. The minimum atomic E-state index is -0.150. The molecule has 0 N–H and O–H groups in total. The molecular weight excluding hydrogens is 359 g/mol. The van der Waals surface area contributed by atoms with Crippen LogP contribution in [0.2, 0.25) is 10.0 Å². The van der Waals surface area contributed by atoms with Crippen LogP contribution in [0.3, 0.4) is 0 Å². The second-order valence-electron chi connectivity index (χ2n) is 5.96. The second-order valence-corrected chi connectivity index (χ2v) is 6.80. The molecule has 0 radical (unpaired) electrons. The van der Waals surface area contributed by atoms with Gasteiger partial charge in [0.1, 0.15) is 0 Å². The molecule has 0 unspecified atom stereocenters.